The number of fused-ring (bicyclic) bond motifs is 2. The second kappa shape index (κ2) is 12.4. The van der Waals surface area contributed by atoms with Crippen molar-refractivity contribution in [1.82, 2.24) is 15.0 Å². The van der Waals surface area contributed by atoms with Gasteiger partial charge in [0.2, 0.25) is 0 Å². The van der Waals surface area contributed by atoms with Gasteiger partial charge in [-0.05, 0) is 63.4 Å². The van der Waals surface area contributed by atoms with Crippen molar-refractivity contribution in [2.45, 2.75) is 0 Å². The van der Waals surface area contributed by atoms with E-state index in [0.29, 0.717) is 5.82 Å². The highest BCUT2D eigenvalue weighted by molar-refractivity contribution is 7.21. The molecule has 0 N–H and O–H groups in total. The molecule has 0 aliphatic carbocycles. The number of rotatable bonds is 6. The van der Waals surface area contributed by atoms with Crippen LogP contribution in [0, 0.1) is 0 Å². The monoisotopic (exact) mass is 643 g/mol. The molecule has 230 valence electrons. The summed E-state index contributed by atoms with van der Waals surface area (Å²) in [4.78, 5) is 15.0. The van der Waals surface area contributed by atoms with Gasteiger partial charge in [0.25, 0.3) is 0 Å². The molecule has 0 aliphatic rings. The zero-order chi connectivity index (χ0) is 32.6. The molecule has 0 aliphatic heterocycles. The average Bonchev–Trinajstić information content (AvgIpc) is 3.62. The van der Waals surface area contributed by atoms with E-state index in [2.05, 4.69) is 146 Å². The van der Waals surface area contributed by atoms with Gasteiger partial charge in [-0.15, -0.1) is 11.3 Å². The molecule has 0 atom stereocenters. The van der Waals surface area contributed by atoms with Crippen LogP contribution in [0.25, 0.3) is 87.7 Å². The maximum absolute atomic E-state index is 5.11. The minimum absolute atomic E-state index is 0.709. The Morgan fingerprint density at radius 3 is 1.51 bits per heavy atom. The molecular weight excluding hydrogens is 615 g/mol. The van der Waals surface area contributed by atoms with Crippen LogP contribution in [0.3, 0.4) is 0 Å². The third kappa shape index (κ3) is 5.80. The fourth-order valence-corrected chi connectivity index (χ4v) is 7.33. The fourth-order valence-electron chi connectivity index (χ4n) is 6.32. The molecule has 0 bridgehead atoms. The van der Waals surface area contributed by atoms with Crippen molar-refractivity contribution in [2.24, 2.45) is 0 Å². The first-order valence-electron chi connectivity index (χ1n) is 16.3. The van der Waals surface area contributed by atoms with Crippen molar-refractivity contribution in [3.8, 4) is 66.7 Å². The van der Waals surface area contributed by atoms with Gasteiger partial charge in [0, 0.05) is 22.3 Å². The molecule has 0 fully saturated rings. The molecule has 0 saturated heterocycles. The Morgan fingerprint density at radius 2 is 0.816 bits per heavy atom. The van der Waals surface area contributed by atoms with Crippen LogP contribution in [0.2, 0.25) is 0 Å². The molecule has 0 radical (unpaired) electrons. The summed E-state index contributed by atoms with van der Waals surface area (Å²) >= 11 is 1.74. The lowest BCUT2D eigenvalue weighted by molar-refractivity contribution is 1.18. The summed E-state index contributed by atoms with van der Waals surface area (Å²) in [5, 5.41) is 3.40. The molecule has 2 aromatic heterocycles. The highest BCUT2D eigenvalue weighted by Gasteiger charge is 2.13. The summed E-state index contributed by atoms with van der Waals surface area (Å²) in [6, 6.07) is 61.6. The molecule has 0 spiro atoms. The third-order valence-electron chi connectivity index (χ3n) is 8.92. The van der Waals surface area contributed by atoms with E-state index >= 15 is 0 Å². The number of aromatic nitrogens is 3. The van der Waals surface area contributed by atoms with Gasteiger partial charge < -0.3 is 0 Å². The van der Waals surface area contributed by atoms with Crippen molar-refractivity contribution in [3.05, 3.63) is 176 Å². The minimum Gasteiger partial charge on any atom is -0.236 e. The van der Waals surface area contributed by atoms with Crippen LogP contribution in [0.5, 0.6) is 0 Å². The summed E-state index contributed by atoms with van der Waals surface area (Å²) < 4.78 is 1.19. The molecule has 9 rings (SSSR count). The molecule has 4 heteroatoms. The lowest BCUT2D eigenvalue weighted by Gasteiger charge is -2.11. The Labute approximate surface area is 288 Å². The van der Waals surface area contributed by atoms with Crippen LogP contribution >= 0.6 is 11.3 Å². The van der Waals surface area contributed by atoms with E-state index in [9.17, 15) is 0 Å². The van der Waals surface area contributed by atoms with Crippen molar-refractivity contribution in [1.29, 1.82) is 0 Å². The quantitative estimate of drug-likeness (QED) is 0.181. The number of thiazole rings is 1. The zero-order valence-corrected chi connectivity index (χ0v) is 27.3. The van der Waals surface area contributed by atoms with E-state index in [4.69, 9.17) is 15.0 Å². The van der Waals surface area contributed by atoms with E-state index in [1.54, 1.807) is 11.3 Å². The molecule has 3 nitrogen and oxygen atoms in total. The van der Waals surface area contributed by atoms with Crippen molar-refractivity contribution < 1.29 is 0 Å². The normalized spacial score (nSPS) is 11.3. The Morgan fingerprint density at radius 1 is 0.327 bits per heavy atom. The lowest BCUT2D eigenvalue weighted by atomic mass is 9.98. The van der Waals surface area contributed by atoms with Gasteiger partial charge in [0.05, 0.1) is 21.6 Å². The third-order valence-corrected chi connectivity index (χ3v) is 9.99. The Balaban J connectivity index is 1.07. The second-order valence-corrected chi connectivity index (χ2v) is 13.1. The maximum atomic E-state index is 5.11. The smallest absolute Gasteiger partial charge is 0.160 e. The number of hydrogen-bond acceptors (Lipinski definition) is 4. The standard InChI is InChI=1S/C45H29N3S/c1-4-10-30(11-5-1)31-16-18-33(19-17-31)44-46-41(32-12-6-2-7-13-32)29-42(47-44)39-23-22-35-26-36(20-21-37(35)27-39)38-24-25-40-43(28-38)49-45(48-40)34-14-8-3-9-15-34/h1-29H. The number of hydrogen-bond donors (Lipinski definition) is 0. The molecule has 0 amide bonds. The van der Waals surface area contributed by atoms with Crippen LogP contribution in [0.4, 0.5) is 0 Å². The number of nitrogens with zero attached hydrogens (tertiary/aromatic N) is 3. The molecule has 49 heavy (non-hydrogen) atoms. The summed E-state index contributed by atoms with van der Waals surface area (Å²) in [6.45, 7) is 0. The van der Waals surface area contributed by atoms with Crippen molar-refractivity contribution in [2.75, 3.05) is 0 Å². The van der Waals surface area contributed by atoms with Gasteiger partial charge >= 0.3 is 0 Å². The minimum atomic E-state index is 0.709. The summed E-state index contributed by atoms with van der Waals surface area (Å²) in [6.07, 6.45) is 0. The highest BCUT2D eigenvalue weighted by Crippen LogP contribution is 2.35. The molecule has 0 unspecified atom stereocenters. The van der Waals surface area contributed by atoms with Gasteiger partial charge in [-0.25, -0.2) is 15.0 Å². The van der Waals surface area contributed by atoms with Crippen LogP contribution in [0.15, 0.2) is 176 Å². The van der Waals surface area contributed by atoms with Crippen LogP contribution in [0.1, 0.15) is 0 Å². The average molecular weight is 644 g/mol. The molecular formula is C45H29N3S. The molecule has 9 aromatic rings. The summed E-state index contributed by atoms with van der Waals surface area (Å²) in [5.74, 6) is 0.709. The molecule has 2 heterocycles. The van der Waals surface area contributed by atoms with Crippen molar-refractivity contribution >= 4 is 32.3 Å². The maximum Gasteiger partial charge on any atom is 0.160 e. The fraction of sp³-hybridized carbons (Fsp3) is 0. The topological polar surface area (TPSA) is 38.7 Å². The number of benzene rings is 7. The Bertz CT molecular complexity index is 2580. The zero-order valence-electron chi connectivity index (χ0n) is 26.5. The highest BCUT2D eigenvalue weighted by atomic mass is 32.1. The Hall–Kier alpha value is -6.23. The van der Waals surface area contributed by atoms with E-state index in [0.717, 1.165) is 44.2 Å². The predicted molar refractivity (Wildman–Crippen MR) is 205 cm³/mol. The van der Waals surface area contributed by atoms with E-state index in [-0.39, 0.29) is 0 Å². The van der Waals surface area contributed by atoms with Crippen LogP contribution < -0.4 is 0 Å². The predicted octanol–water partition coefficient (Wildman–Crippen LogP) is 12.2. The SMILES string of the molecule is c1ccc(-c2ccc(-c3nc(-c4ccccc4)cc(-c4ccc5cc(-c6ccc7nc(-c8ccccc8)sc7c6)ccc5c4)n3)cc2)cc1. The van der Waals surface area contributed by atoms with E-state index in [1.165, 1.54) is 37.7 Å². The first-order valence-corrected chi connectivity index (χ1v) is 17.2. The first kappa shape index (κ1) is 29.0. The van der Waals surface area contributed by atoms with Gasteiger partial charge in [0.15, 0.2) is 5.82 Å². The first-order chi connectivity index (χ1) is 24.2. The van der Waals surface area contributed by atoms with E-state index < -0.39 is 0 Å². The Kier molecular flexibility index (Phi) is 7.34. The van der Waals surface area contributed by atoms with Gasteiger partial charge in [-0.3, -0.25) is 0 Å². The van der Waals surface area contributed by atoms with Crippen LogP contribution in [-0.4, -0.2) is 15.0 Å². The van der Waals surface area contributed by atoms with Crippen LogP contribution in [-0.2, 0) is 0 Å². The van der Waals surface area contributed by atoms with Gasteiger partial charge in [-0.2, -0.15) is 0 Å². The molecule has 7 aromatic carbocycles. The van der Waals surface area contributed by atoms with Crippen molar-refractivity contribution in [3.63, 3.8) is 0 Å². The lowest BCUT2D eigenvalue weighted by Crippen LogP contribution is -1.96. The van der Waals surface area contributed by atoms with Gasteiger partial charge in [-0.1, -0.05) is 146 Å². The molecule has 0 saturated carbocycles. The second-order valence-electron chi connectivity index (χ2n) is 12.1. The van der Waals surface area contributed by atoms with Gasteiger partial charge in [0.1, 0.15) is 5.01 Å². The van der Waals surface area contributed by atoms with E-state index in [1.807, 2.05) is 30.3 Å². The summed E-state index contributed by atoms with van der Waals surface area (Å²) in [5.41, 5.74) is 11.8. The largest absolute Gasteiger partial charge is 0.236 e. The summed E-state index contributed by atoms with van der Waals surface area (Å²) in [7, 11) is 0.